The molecule has 0 aliphatic carbocycles. The lowest BCUT2D eigenvalue weighted by molar-refractivity contribution is -0.112. The predicted molar refractivity (Wildman–Crippen MR) is 116 cm³/mol. The maximum Gasteiger partial charge on any atom is 0.266 e. The molecule has 0 heterocycles. The van der Waals surface area contributed by atoms with E-state index < -0.39 is 11.7 Å². The van der Waals surface area contributed by atoms with Crippen LogP contribution < -0.4 is 10.1 Å². The first-order chi connectivity index (χ1) is 14.5. The molecule has 3 rings (SSSR count). The third kappa shape index (κ3) is 5.47. The largest absolute Gasteiger partial charge is 0.487 e. The topological polar surface area (TPSA) is 62.1 Å². The number of ether oxygens (including phenoxy) is 1. The second kappa shape index (κ2) is 9.73. The van der Waals surface area contributed by atoms with Gasteiger partial charge in [-0.2, -0.15) is 5.26 Å². The quantitative estimate of drug-likeness (QED) is 0.398. The van der Waals surface area contributed by atoms with Crippen LogP contribution >= 0.6 is 11.6 Å². The van der Waals surface area contributed by atoms with Gasteiger partial charge in [-0.15, -0.1) is 0 Å². The summed E-state index contributed by atoms with van der Waals surface area (Å²) in [6.45, 7) is 2.37. The maximum absolute atomic E-state index is 13.7. The molecule has 0 atom stereocenters. The lowest BCUT2D eigenvalue weighted by Crippen LogP contribution is -2.14. The first-order valence-electron chi connectivity index (χ1n) is 9.12. The van der Waals surface area contributed by atoms with Crippen LogP contribution in [0.5, 0.6) is 5.75 Å². The molecule has 3 aromatic carbocycles. The second-order valence-corrected chi connectivity index (χ2v) is 6.98. The van der Waals surface area contributed by atoms with Crippen molar-refractivity contribution in [2.75, 3.05) is 5.32 Å². The molecule has 6 heteroatoms. The summed E-state index contributed by atoms with van der Waals surface area (Å²) in [6, 6.07) is 20.5. The highest BCUT2D eigenvalue weighted by atomic mass is 35.5. The molecule has 0 fully saturated rings. The molecular formula is C24H18ClFN2O2. The van der Waals surface area contributed by atoms with Crippen molar-refractivity contribution < 1.29 is 13.9 Å². The summed E-state index contributed by atoms with van der Waals surface area (Å²) >= 11 is 6.30. The van der Waals surface area contributed by atoms with Gasteiger partial charge < -0.3 is 10.1 Å². The van der Waals surface area contributed by atoms with Gasteiger partial charge in [0.1, 0.15) is 29.8 Å². The van der Waals surface area contributed by atoms with Crippen LogP contribution in [0.15, 0.2) is 72.3 Å². The molecule has 0 unspecified atom stereocenters. The van der Waals surface area contributed by atoms with E-state index in [2.05, 4.69) is 5.32 Å². The second-order valence-electron chi connectivity index (χ2n) is 6.57. The summed E-state index contributed by atoms with van der Waals surface area (Å²) in [5, 5.41) is 12.1. The fourth-order valence-electron chi connectivity index (χ4n) is 2.75. The van der Waals surface area contributed by atoms with Gasteiger partial charge in [0.25, 0.3) is 5.91 Å². The van der Waals surface area contributed by atoms with E-state index in [1.54, 1.807) is 24.3 Å². The van der Waals surface area contributed by atoms with E-state index in [9.17, 15) is 14.4 Å². The van der Waals surface area contributed by atoms with Crippen LogP contribution in [0.25, 0.3) is 6.08 Å². The van der Waals surface area contributed by atoms with E-state index in [0.717, 1.165) is 11.1 Å². The molecule has 3 aromatic rings. The average molecular weight is 421 g/mol. The van der Waals surface area contributed by atoms with Gasteiger partial charge in [0.05, 0.1) is 10.7 Å². The lowest BCUT2D eigenvalue weighted by Gasteiger charge is -2.09. The van der Waals surface area contributed by atoms with Crippen molar-refractivity contribution in [1.29, 1.82) is 5.26 Å². The Morgan fingerprint density at radius 2 is 1.97 bits per heavy atom. The Morgan fingerprint density at radius 1 is 1.17 bits per heavy atom. The minimum atomic E-state index is -0.710. The molecule has 1 N–H and O–H groups in total. The molecule has 4 nitrogen and oxygen atoms in total. The van der Waals surface area contributed by atoms with Crippen LogP contribution in [0.3, 0.4) is 0 Å². The van der Waals surface area contributed by atoms with Crippen molar-refractivity contribution in [1.82, 2.24) is 0 Å². The van der Waals surface area contributed by atoms with Crippen LogP contribution in [-0.4, -0.2) is 5.91 Å². The smallest absolute Gasteiger partial charge is 0.266 e. The molecular weight excluding hydrogens is 403 g/mol. The maximum atomic E-state index is 13.7. The Labute approximate surface area is 179 Å². The standard InChI is InChI=1S/C24H18ClFN2O2/c1-16-5-4-6-18(11-16)15-30-23-10-9-17(13-20(23)25)12-19(14-27)24(29)28-22-8-3-2-7-21(22)26/h2-13H,15H2,1H3,(H,28,29)/b19-12+. The number of carbonyl (C=O) groups is 1. The van der Waals surface area contributed by atoms with Crippen molar-refractivity contribution in [2.24, 2.45) is 0 Å². The van der Waals surface area contributed by atoms with E-state index in [1.807, 2.05) is 37.3 Å². The average Bonchev–Trinajstić information content (AvgIpc) is 2.73. The van der Waals surface area contributed by atoms with Crippen LogP contribution in [0.2, 0.25) is 5.02 Å². The molecule has 0 aliphatic heterocycles. The Morgan fingerprint density at radius 3 is 2.67 bits per heavy atom. The minimum Gasteiger partial charge on any atom is -0.487 e. The molecule has 0 aromatic heterocycles. The summed E-state index contributed by atoms with van der Waals surface area (Å²) in [6.07, 6.45) is 1.38. The van der Waals surface area contributed by atoms with E-state index in [0.29, 0.717) is 22.9 Å². The number of nitriles is 1. The van der Waals surface area contributed by atoms with Gasteiger partial charge in [0, 0.05) is 0 Å². The summed E-state index contributed by atoms with van der Waals surface area (Å²) in [4.78, 5) is 12.3. The number of nitrogens with zero attached hydrogens (tertiary/aromatic N) is 1. The van der Waals surface area contributed by atoms with E-state index >= 15 is 0 Å². The normalized spacial score (nSPS) is 10.9. The number of aryl methyl sites for hydroxylation is 1. The van der Waals surface area contributed by atoms with Crippen LogP contribution in [0.4, 0.5) is 10.1 Å². The molecule has 0 aliphatic rings. The zero-order chi connectivity index (χ0) is 21.5. The van der Waals surface area contributed by atoms with E-state index in [4.69, 9.17) is 16.3 Å². The highest BCUT2D eigenvalue weighted by molar-refractivity contribution is 6.32. The third-order valence-corrected chi connectivity index (χ3v) is 4.53. The summed E-state index contributed by atoms with van der Waals surface area (Å²) in [5.41, 5.74) is 2.53. The van der Waals surface area contributed by atoms with Gasteiger partial charge in [-0.1, -0.05) is 59.6 Å². The number of amides is 1. The van der Waals surface area contributed by atoms with Crippen molar-refractivity contribution in [3.8, 4) is 11.8 Å². The number of rotatable bonds is 6. The van der Waals surface area contributed by atoms with E-state index in [1.165, 1.54) is 24.3 Å². The molecule has 0 radical (unpaired) electrons. The van der Waals surface area contributed by atoms with Gasteiger partial charge in [-0.05, 0) is 48.4 Å². The van der Waals surface area contributed by atoms with Gasteiger partial charge in [-0.25, -0.2) is 4.39 Å². The first-order valence-corrected chi connectivity index (χ1v) is 9.49. The van der Waals surface area contributed by atoms with Crippen LogP contribution in [0, 0.1) is 24.1 Å². The Kier molecular flexibility index (Phi) is 6.84. The number of nitrogens with one attached hydrogen (secondary N) is 1. The monoisotopic (exact) mass is 420 g/mol. The van der Waals surface area contributed by atoms with Crippen molar-refractivity contribution in [3.63, 3.8) is 0 Å². The molecule has 1 amide bonds. The summed E-state index contributed by atoms with van der Waals surface area (Å²) in [7, 11) is 0. The number of para-hydroxylation sites is 1. The lowest BCUT2D eigenvalue weighted by atomic mass is 10.1. The summed E-state index contributed by atoms with van der Waals surface area (Å²) < 4.78 is 19.5. The number of anilines is 1. The zero-order valence-corrected chi connectivity index (χ0v) is 16.9. The van der Waals surface area contributed by atoms with Gasteiger partial charge in [0.15, 0.2) is 0 Å². The predicted octanol–water partition coefficient (Wildman–Crippen LogP) is 5.91. The Hall–Kier alpha value is -3.62. The summed E-state index contributed by atoms with van der Waals surface area (Å²) in [5.74, 6) is -0.801. The number of halogens is 2. The molecule has 0 saturated heterocycles. The van der Waals surface area contributed by atoms with Crippen molar-refractivity contribution in [3.05, 3.63) is 99.8 Å². The number of benzene rings is 3. The highest BCUT2D eigenvalue weighted by Crippen LogP contribution is 2.27. The first kappa shape index (κ1) is 21.1. The number of hydrogen-bond donors (Lipinski definition) is 1. The molecule has 0 spiro atoms. The van der Waals surface area contributed by atoms with Crippen LogP contribution in [0.1, 0.15) is 16.7 Å². The molecule has 0 saturated carbocycles. The fourth-order valence-corrected chi connectivity index (χ4v) is 3.00. The highest BCUT2D eigenvalue weighted by Gasteiger charge is 2.12. The minimum absolute atomic E-state index is 0.00146. The number of carbonyl (C=O) groups excluding carboxylic acids is 1. The van der Waals surface area contributed by atoms with Gasteiger partial charge in [0.2, 0.25) is 0 Å². The van der Waals surface area contributed by atoms with E-state index in [-0.39, 0.29) is 11.3 Å². The van der Waals surface area contributed by atoms with Crippen LogP contribution in [-0.2, 0) is 11.4 Å². The third-order valence-electron chi connectivity index (χ3n) is 4.23. The molecule has 0 bridgehead atoms. The number of hydrogen-bond acceptors (Lipinski definition) is 3. The van der Waals surface area contributed by atoms with Gasteiger partial charge >= 0.3 is 0 Å². The van der Waals surface area contributed by atoms with Gasteiger partial charge in [-0.3, -0.25) is 4.79 Å². The Bertz CT molecular complexity index is 1150. The Balaban J connectivity index is 1.72. The SMILES string of the molecule is Cc1cccc(COc2ccc(/C=C(\C#N)C(=O)Nc3ccccc3F)cc2Cl)c1. The van der Waals surface area contributed by atoms with Crippen molar-refractivity contribution >= 4 is 29.3 Å². The zero-order valence-electron chi connectivity index (χ0n) is 16.2. The fraction of sp³-hybridized carbons (Fsp3) is 0.0833. The van der Waals surface area contributed by atoms with Crippen molar-refractivity contribution in [2.45, 2.75) is 13.5 Å². The molecule has 150 valence electrons. The molecule has 30 heavy (non-hydrogen) atoms.